The summed E-state index contributed by atoms with van der Waals surface area (Å²) < 4.78 is 14.8. The summed E-state index contributed by atoms with van der Waals surface area (Å²) in [4.78, 5) is 22.5. The van der Waals surface area contributed by atoms with Crippen molar-refractivity contribution in [3.63, 3.8) is 0 Å². The number of benzene rings is 1. The van der Waals surface area contributed by atoms with E-state index in [2.05, 4.69) is 25.6 Å². The molecule has 0 saturated carbocycles. The Hall–Kier alpha value is -3.46. The van der Waals surface area contributed by atoms with Crippen LogP contribution in [0.2, 0.25) is 0 Å². The van der Waals surface area contributed by atoms with Crippen LogP contribution in [0.5, 0.6) is 0 Å². The predicted molar refractivity (Wildman–Crippen MR) is 104 cm³/mol. The number of hydrogen-bond acceptors (Lipinski definition) is 6. The molecule has 3 aromatic heterocycles. The number of carbonyl (C=O) groups excluding carboxylic acids is 1. The van der Waals surface area contributed by atoms with Crippen molar-refractivity contribution in [2.24, 2.45) is 0 Å². The van der Waals surface area contributed by atoms with Crippen LogP contribution in [-0.2, 0) is 0 Å². The fourth-order valence-corrected chi connectivity index (χ4v) is 3.46. The molecule has 4 aromatic rings. The van der Waals surface area contributed by atoms with Crippen LogP contribution in [0.3, 0.4) is 0 Å². The molecule has 28 heavy (non-hydrogen) atoms. The molecule has 0 saturated heterocycles. The number of rotatable bonds is 4. The number of nitrogens with one attached hydrogen (secondary N) is 1. The van der Waals surface area contributed by atoms with Gasteiger partial charge in [0.15, 0.2) is 10.8 Å². The predicted octanol–water partition coefficient (Wildman–Crippen LogP) is 3.79. The Balaban J connectivity index is 1.60. The van der Waals surface area contributed by atoms with Crippen LogP contribution in [0.25, 0.3) is 17.1 Å². The summed E-state index contributed by atoms with van der Waals surface area (Å²) in [6.07, 6.45) is 3.10. The largest absolute Gasteiger partial charge is 0.296 e. The average Bonchev–Trinajstić information content (AvgIpc) is 3.29. The Labute approximate surface area is 163 Å². The Morgan fingerprint density at radius 3 is 2.79 bits per heavy atom. The molecule has 0 bridgehead atoms. The summed E-state index contributed by atoms with van der Waals surface area (Å²) >= 11 is 1.35. The topological polar surface area (TPSA) is 85.6 Å². The van der Waals surface area contributed by atoms with E-state index in [0.717, 1.165) is 21.8 Å². The smallest absolute Gasteiger partial charge is 0.277 e. The van der Waals surface area contributed by atoms with Crippen molar-refractivity contribution in [1.82, 2.24) is 25.0 Å². The highest BCUT2D eigenvalue weighted by Gasteiger charge is 2.18. The van der Waals surface area contributed by atoms with Gasteiger partial charge >= 0.3 is 0 Å². The van der Waals surface area contributed by atoms with Gasteiger partial charge in [0.25, 0.3) is 5.91 Å². The van der Waals surface area contributed by atoms with Crippen molar-refractivity contribution in [3.8, 4) is 17.1 Å². The maximum absolute atomic E-state index is 13.5. The molecule has 0 fully saturated rings. The number of amides is 1. The lowest BCUT2D eigenvalue weighted by Gasteiger charge is -2.05. The Morgan fingerprint density at radius 2 is 2.04 bits per heavy atom. The fraction of sp³-hybridized carbons (Fsp3) is 0.105. The van der Waals surface area contributed by atoms with E-state index in [1.807, 2.05) is 26.0 Å². The number of halogens is 1. The summed E-state index contributed by atoms with van der Waals surface area (Å²) in [6, 6.07) is 9.64. The van der Waals surface area contributed by atoms with Crippen LogP contribution < -0.4 is 5.32 Å². The molecule has 1 aromatic carbocycles. The standard InChI is InChI=1S/C19H15FN6OS/c1-11-6-7-15(21-9-11)17-12(2)28-19(23-17)24-18(27)16-10-22-25-26(16)14-5-3-4-13(20)8-14/h3-10H,1-2H3,(H,23,24,27). The van der Waals surface area contributed by atoms with Crippen LogP contribution >= 0.6 is 11.3 Å². The fourth-order valence-electron chi connectivity index (χ4n) is 2.64. The number of aryl methyl sites for hydroxylation is 2. The van der Waals surface area contributed by atoms with Crippen LogP contribution in [0, 0.1) is 19.7 Å². The second-order valence-corrected chi connectivity index (χ2v) is 7.31. The molecule has 0 atom stereocenters. The van der Waals surface area contributed by atoms with Crippen molar-refractivity contribution in [3.05, 3.63) is 70.7 Å². The number of hydrogen-bond donors (Lipinski definition) is 1. The van der Waals surface area contributed by atoms with E-state index in [1.54, 1.807) is 18.3 Å². The molecule has 4 rings (SSSR count). The number of nitrogens with zero attached hydrogens (tertiary/aromatic N) is 5. The third-order valence-corrected chi connectivity index (χ3v) is 4.89. The van der Waals surface area contributed by atoms with E-state index >= 15 is 0 Å². The molecule has 9 heteroatoms. The zero-order valence-electron chi connectivity index (χ0n) is 15.0. The van der Waals surface area contributed by atoms with Gasteiger partial charge in [-0.05, 0) is 43.7 Å². The molecule has 0 unspecified atom stereocenters. The summed E-state index contributed by atoms with van der Waals surface area (Å²) in [5, 5.41) is 10.8. The first kappa shape index (κ1) is 17.9. The maximum atomic E-state index is 13.5. The molecule has 3 heterocycles. The number of pyridine rings is 1. The Morgan fingerprint density at radius 1 is 1.18 bits per heavy atom. The molecular weight excluding hydrogens is 379 g/mol. The summed E-state index contributed by atoms with van der Waals surface area (Å²) in [5.41, 5.74) is 3.10. The van der Waals surface area contributed by atoms with Gasteiger partial charge in [-0.25, -0.2) is 14.1 Å². The highest BCUT2D eigenvalue weighted by atomic mass is 32.1. The zero-order chi connectivity index (χ0) is 19.7. The summed E-state index contributed by atoms with van der Waals surface area (Å²) in [7, 11) is 0. The van der Waals surface area contributed by atoms with Gasteiger partial charge in [-0.15, -0.1) is 16.4 Å². The summed E-state index contributed by atoms with van der Waals surface area (Å²) in [6.45, 7) is 3.88. The van der Waals surface area contributed by atoms with Gasteiger partial charge in [-0.3, -0.25) is 15.1 Å². The van der Waals surface area contributed by atoms with Gasteiger partial charge in [-0.1, -0.05) is 17.3 Å². The average molecular weight is 394 g/mol. The van der Waals surface area contributed by atoms with Crippen LogP contribution in [0.4, 0.5) is 9.52 Å². The lowest BCUT2D eigenvalue weighted by molar-refractivity contribution is 0.101. The van der Waals surface area contributed by atoms with Gasteiger partial charge in [0.05, 0.1) is 17.6 Å². The zero-order valence-corrected chi connectivity index (χ0v) is 15.9. The second-order valence-electron chi connectivity index (χ2n) is 6.11. The monoisotopic (exact) mass is 394 g/mol. The quantitative estimate of drug-likeness (QED) is 0.569. The second kappa shape index (κ2) is 7.28. The molecule has 7 nitrogen and oxygen atoms in total. The normalized spacial score (nSPS) is 10.8. The third-order valence-electron chi connectivity index (χ3n) is 4.01. The molecule has 0 spiro atoms. The van der Waals surface area contributed by atoms with Gasteiger partial charge < -0.3 is 0 Å². The van der Waals surface area contributed by atoms with E-state index in [1.165, 1.54) is 34.3 Å². The first-order valence-electron chi connectivity index (χ1n) is 8.40. The van der Waals surface area contributed by atoms with Crippen molar-refractivity contribution < 1.29 is 9.18 Å². The maximum Gasteiger partial charge on any atom is 0.277 e. The molecular formula is C19H15FN6OS. The first-order chi connectivity index (χ1) is 13.5. The van der Waals surface area contributed by atoms with Crippen LogP contribution in [-0.4, -0.2) is 30.9 Å². The SMILES string of the molecule is Cc1ccc(-c2nc(NC(=O)c3cnnn3-c3cccc(F)c3)sc2C)nc1. The van der Waals surface area contributed by atoms with E-state index in [-0.39, 0.29) is 5.69 Å². The lowest BCUT2D eigenvalue weighted by atomic mass is 10.2. The summed E-state index contributed by atoms with van der Waals surface area (Å²) in [5.74, 6) is -0.864. The molecule has 0 radical (unpaired) electrons. The Kier molecular flexibility index (Phi) is 4.66. The van der Waals surface area contributed by atoms with E-state index in [9.17, 15) is 9.18 Å². The van der Waals surface area contributed by atoms with Crippen molar-refractivity contribution >= 4 is 22.4 Å². The van der Waals surface area contributed by atoms with Crippen molar-refractivity contribution in [2.75, 3.05) is 5.32 Å². The van der Waals surface area contributed by atoms with Gasteiger partial charge in [0.2, 0.25) is 0 Å². The number of aromatic nitrogens is 5. The molecule has 1 N–H and O–H groups in total. The van der Waals surface area contributed by atoms with Crippen molar-refractivity contribution in [2.45, 2.75) is 13.8 Å². The van der Waals surface area contributed by atoms with E-state index < -0.39 is 11.7 Å². The van der Waals surface area contributed by atoms with Gasteiger partial charge in [0, 0.05) is 11.1 Å². The minimum atomic E-state index is -0.438. The van der Waals surface area contributed by atoms with Gasteiger partial charge in [-0.2, -0.15) is 0 Å². The van der Waals surface area contributed by atoms with E-state index in [0.29, 0.717) is 10.8 Å². The number of carbonyl (C=O) groups is 1. The minimum Gasteiger partial charge on any atom is -0.296 e. The highest BCUT2D eigenvalue weighted by Crippen LogP contribution is 2.29. The molecule has 0 aliphatic rings. The first-order valence-corrected chi connectivity index (χ1v) is 9.21. The number of anilines is 1. The highest BCUT2D eigenvalue weighted by molar-refractivity contribution is 7.16. The third kappa shape index (κ3) is 3.52. The molecule has 1 amide bonds. The molecule has 140 valence electrons. The van der Waals surface area contributed by atoms with Crippen LogP contribution in [0.15, 0.2) is 48.8 Å². The lowest BCUT2D eigenvalue weighted by Crippen LogP contribution is -2.17. The van der Waals surface area contributed by atoms with Crippen LogP contribution in [0.1, 0.15) is 20.9 Å². The number of thiazole rings is 1. The Bertz CT molecular complexity index is 1150. The molecule has 0 aliphatic carbocycles. The minimum absolute atomic E-state index is 0.175. The van der Waals surface area contributed by atoms with Gasteiger partial charge in [0.1, 0.15) is 11.5 Å². The van der Waals surface area contributed by atoms with Crippen molar-refractivity contribution in [1.29, 1.82) is 0 Å². The molecule has 0 aliphatic heterocycles. The van der Waals surface area contributed by atoms with E-state index in [4.69, 9.17) is 0 Å².